The van der Waals surface area contributed by atoms with Gasteiger partial charge in [0.05, 0.1) is 11.3 Å². The molecule has 1 heterocycles. The number of hydrogen-bond acceptors (Lipinski definition) is 10. The Morgan fingerprint density at radius 3 is 2.31 bits per heavy atom. The normalized spacial score (nSPS) is 13.5. The molecular formula is C23H28N2O7S3. The molecule has 0 amide bonds. The average Bonchev–Trinajstić information content (AvgIpc) is 3.31. The number of unbranched alkanes of at least 4 members (excludes halogenated alkanes) is 1. The number of rotatable bonds is 10. The smallest absolute Gasteiger partial charge is 0.343 e. The SMILES string of the molecule is CCCCC(=O)OCOC(=O)c1c(S)c(N2CCCC2)c(Oc2ccccc2)c(S(N)(=O)=O)c1S. The number of nitrogens with zero attached hydrogens (tertiary/aromatic N) is 1. The van der Waals surface area contributed by atoms with E-state index in [2.05, 4.69) is 25.3 Å². The number of nitrogens with two attached hydrogens (primary N) is 1. The molecule has 2 N–H and O–H groups in total. The van der Waals surface area contributed by atoms with Crippen LogP contribution in [0.25, 0.3) is 0 Å². The van der Waals surface area contributed by atoms with E-state index in [0.29, 0.717) is 30.9 Å². The van der Waals surface area contributed by atoms with Crippen LogP contribution in [-0.4, -0.2) is 40.2 Å². The second-order valence-electron chi connectivity index (χ2n) is 7.90. The number of thiol groups is 2. The monoisotopic (exact) mass is 540 g/mol. The maximum atomic E-state index is 13.0. The molecule has 0 radical (unpaired) electrons. The van der Waals surface area contributed by atoms with Gasteiger partial charge in [0, 0.05) is 29.3 Å². The van der Waals surface area contributed by atoms with Crippen molar-refractivity contribution in [3.05, 3.63) is 35.9 Å². The van der Waals surface area contributed by atoms with Gasteiger partial charge in [0.1, 0.15) is 10.6 Å². The molecule has 190 valence electrons. The zero-order valence-electron chi connectivity index (χ0n) is 19.2. The molecule has 0 aromatic heterocycles. The van der Waals surface area contributed by atoms with Gasteiger partial charge in [-0.2, -0.15) is 0 Å². The number of ether oxygens (including phenoxy) is 3. The van der Waals surface area contributed by atoms with Crippen LogP contribution in [-0.2, 0) is 24.3 Å². The highest BCUT2D eigenvalue weighted by Crippen LogP contribution is 2.48. The number of para-hydroxylation sites is 1. The summed E-state index contributed by atoms with van der Waals surface area (Å²) in [5.74, 6) is -1.17. The fraction of sp³-hybridized carbons (Fsp3) is 0.391. The Balaban J connectivity index is 2.07. The van der Waals surface area contributed by atoms with E-state index >= 15 is 0 Å². The highest BCUT2D eigenvalue weighted by molar-refractivity contribution is 7.90. The lowest BCUT2D eigenvalue weighted by atomic mass is 10.1. The molecule has 0 bridgehead atoms. The van der Waals surface area contributed by atoms with E-state index in [0.717, 1.165) is 19.3 Å². The molecule has 0 saturated carbocycles. The van der Waals surface area contributed by atoms with Crippen LogP contribution in [0.15, 0.2) is 45.0 Å². The number of esters is 2. The molecular weight excluding hydrogens is 512 g/mol. The molecule has 1 aliphatic rings. The summed E-state index contributed by atoms with van der Waals surface area (Å²) in [6, 6.07) is 8.58. The van der Waals surface area contributed by atoms with Gasteiger partial charge < -0.3 is 19.1 Å². The van der Waals surface area contributed by atoms with Gasteiger partial charge in [0.15, 0.2) is 5.75 Å². The fourth-order valence-electron chi connectivity index (χ4n) is 3.67. The first-order chi connectivity index (χ1) is 16.6. The van der Waals surface area contributed by atoms with Crippen LogP contribution in [0.4, 0.5) is 5.69 Å². The Morgan fingerprint density at radius 1 is 1.06 bits per heavy atom. The van der Waals surface area contributed by atoms with Gasteiger partial charge in [-0.1, -0.05) is 31.5 Å². The van der Waals surface area contributed by atoms with E-state index in [1.54, 1.807) is 30.3 Å². The van der Waals surface area contributed by atoms with E-state index in [9.17, 15) is 18.0 Å². The van der Waals surface area contributed by atoms with Crippen molar-refractivity contribution in [3.8, 4) is 11.5 Å². The number of hydrogen-bond donors (Lipinski definition) is 3. The standard InChI is InChI=1S/C23H28N2O7S3/c1-2-3-11-16(26)30-14-31-23(27)17-20(33)18(25-12-7-8-13-25)19(22(21(17)34)35(24,28)29)32-15-9-5-4-6-10-15/h4-6,9-10,33-34H,2-3,7-8,11-14H2,1H3,(H2,24,28,29). The molecule has 12 heteroatoms. The van der Waals surface area contributed by atoms with Crippen molar-refractivity contribution in [1.82, 2.24) is 0 Å². The van der Waals surface area contributed by atoms with Crippen LogP contribution in [0.2, 0.25) is 0 Å². The van der Waals surface area contributed by atoms with E-state index in [1.807, 2.05) is 11.8 Å². The maximum absolute atomic E-state index is 13.0. The van der Waals surface area contributed by atoms with E-state index in [-0.39, 0.29) is 27.5 Å². The van der Waals surface area contributed by atoms with Gasteiger partial charge in [-0.05, 0) is 31.4 Å². The van der Waals surface area contributed by atoms with E-state index in [1.165, 1.54) is 0 Å². The lowest BCUT2D eigenvalue weighted by Gasteiger charge is -2.27. The highest BCUT2D eigenvalue weighted by atomic mass is 32.2. The van der Waals surface area contributed by atoms with Crippen LogP contribution >= 0.6 is 25.3 Å². The van der Waals surface area contributed by atoms with Gasteiger partial charge in [-0.15, -0.1) is 25.3 Å². The van der Waals surface area contributed by atoms with Crippen molar-refractivity contribution >= 4 is 52.9 Å². The predicted octanol–water partition coefficient (Wildman–Crippen LogP) is 4.15. The third kappa shape index (κ3) is 6.63. The third-order valence-corrected chi connectivity index (χ3v) is 7.35. The summed E-state index contributed by atoms with van der Waals surface area (Å²) in [5.41, 5.74) is 0.0796. The second-order valence-corrected chi connectivity index (χ2v) is 10.3. The van der Waals surface area contributed by atoms with Crippen LogP contribution in [0, 0.1) is 0 Å². The van der Waals surface area contributed by atoms with Crippen molar-refractivity contribution in [1.29, 1.82) is 0 Å². The Labute approximate surface area is 215 Å². The number of benzene rings is 2. The van der Waals surface area contributed by atoms with Crippen LogP contribution < -0.4 is 14.8 Å². The summed E-state index contributed by atoms with van der Waals surface area (Å²) in [5, 5.41) is 5.56. The lowest BCUT2D eigenvalue weighted by Crippen LogP contribution is -2.24. The molecule has 35 heavy (non-hydrogen) atoms. The number of anilines is 1. The van der Waals surface area contributed by atoms with E-state index in [4.69, 9.17) is 19.3 Å². The number of carbonyl (C=O) groups is 2. The summed E-state index contributed by atoms with van der Waals surface area (Å²) >= 11 is 8.90. The van der Waals surface area contributed by atoms with Crippen molar-refractivity contribution in [3.63, 3.8) is 0 Å². The highest BCUT2D eigenvalue weighted by Gasteiger charge is 2.35. The zero-order valence-corrected chi connectivity index (χ0v) is 21.8. The minimum absolute atomic E-state index is 0.0712. The van der Waals surface area contributed by atoms with Crippen molar-refractivity contribution in [2.75, 3.05) is 24.8 Å². The molecule has 0 spiro atoms. The first-order valence-corrected chi connectivity index (χ1v) is 13.5. The topological polar surface area (TPSA) is 125 Å². The molecule has 1 fully saturated rings. The number of sulfonamides is 1. The van der Waals surface area contributed by atoms with Crippen LogP contribution in [0.3, 0.4) is 0 Å². The lowest BCUT2D eigenvalue weighted by molar-refractivity contribution is -0.152. The predicted molar refractivity (Wildman–Crippen MR) is 136 cm³/mol. The summed E-state index contributed by atoms with van der Waals surface area (Å²) < 4.78 is 41.5. The first kappa shape index (κ1) is 27.2. The van der Waals surface area contributed by atoms with Gasteiger partial charge >= 0.3 is 11.9 Å². The summed E-state index contributed by atoms with van der Waals surface area (Å²) in [6.45, 7) is 2.49. The van der Waals surface area contributed by atoms with Crippen molar-refractivity contribution in [2.24, 2.45) is 5.14 Å². The van der Waals surface area contributed by atoms with Crippen molar-refractivity contribution < 1.29 is 32.2 Å². The Bertz CT molecular complexity index is 1180. The molecule has 1 aliphatic heterocycles. The molecule has 2 aromatic rings. The number of primary sulfonamides is 1. The maximum Gasteiger partial charge on any atom is 0.343 e. The van der Waals surface area contributed by atoms with Gasteiger partial charge in [-0.25, -0.2) is 18.4 Å². The Kier molecular flexibility index (Phi) is 9.34. The van der Waals surface area contributed by atoms with Crippen LogP contribution in [0.1, 0.15) is 49.4 Å². The fourth-order valence-corrected chi connectivity index (χ4v) is 5.66. The van der Waals surface area contributed by atoms with E-state index < -0.39 is 33.7 Å². The molecule has 2 aromatic carbocycles. The molecule has 0 atom stereocenters. The summed E-state index contributed by atoms with van der Waals surface area (Å²) in [7, 11) is -4.41. The third-order valence-electron chi connectivity index (χ3n) is 5.35. The molecule has 9 nitrogen and oxygen atoms in total. The number of carbonyl (C=O) groups excluding carboxylic acids is 2. The molecule has 3 rings (SSSR count). The minimum Gasteiger partial charge on any atom is -0.454 e. The minimum atomic E-state index is -4.41. The largest absolute Gasteiger partial charge is 0.454 e. The van der Waals surface area contributed by atoms with Crippen molar-refractivity contribution in [2.45, 2.75) is 53.7 Å². The van der Waals surface area contributed by atoms with Gasteiger partial charge in [0.2, 0.25) is 16.8 Å². The van der Waals surface area contributed by atoms with Gasteiger partial charge in [-0.3, -0.25) is 4.79 Å². The second kappa shape index (κ2) is 12.0. The Hall–Kier alpha value is -2.41. The quantitative estimate of drug-likeness (QED) is 0.233. The molecule has 0 aliphatic carbocycles. The summed E-state index contributed by atoms with van der Waals surface area (Å²) in [6.07, 6.45) is 3.38. The summed E-state index contributed by atoms with van der Waals surface area (Å²) in [4.78, 5) is 26.0. The zero-order chi connectivity index (χ0) is 25.6. The molecule has 1 saturated heterocycles. The van der Waals surface area contributed by atoms with Gasteiger partial charge in [0.25, 0.3) is 0 Å². The first-order valence-electron chi connectivity index (χ1n) is 11.1. The van der Waals surface area contributed by atoms with Crippen LogP contribution in [0.5, 0.6) is 11.5 Å². The molecule has 0 unspecified atom stereocenters. The Morgan fingerprint density at radius 2 is 1.71 bits per heavy atom. The average molecular weight is 541 g/mol.